The molecule has 0 fully saturated rings. The van der Waals surface area contributed by atoms with Crippen LogP contribution in [0.2, 0.25) is 0 Å². The first-order valence-electron chi connectivity index (χ1n) is 11.3. The second-order valence-corrected chi connectivity index (χ2v) is 8.09. The number of hydrogen-bond acceptors (Lipinski definition) is 5. The molecule has 1 heterocycles. The number of pyridine rings is 1. The van der Waals surface area contributed by atoms with E-state index in [2.05, 4.69) is 5.32 Å². The number of carbonyl (C=O) groups excluding carboxylic acids is 1. The smallest absolute Gasteiger partial charge is 0.254 e. The Kier molecular flexibility index (Phi) is 7.35. The first-order chi connectivity index (χ1) is 17.0. The number of hydrogen-bond donors (Lipinski definition) is 1. The fraction of sp³-hybridized carbons (Fsp3) is 0.214. The molecule has 0 bridgehead atoms. The molecule has 7 heteroatoms. The van der Waals surface area contributed by atoms with Gasteiger partial charge in [-0.25, -0.2) is 0 Å². The molecular weight excluding hydrogens is 444 g/mol. The predicted molar refractivity (Wildman–Crippen MR) is 137 cm³/mol. The maximum Gasteiger partial charge on any atom is 0.254 e. The molecule has 0 aliphatic carbocycles. The first kappa shape index (κ1) is 23.9. The molecule has 1 amide bonds. The lowest BCUT2D eigenvalue weighted by atomic mass is 10.0. The largest absolute Gasteiger partial charge is 0.497 e. The lowest BCUT2D eigenvalue weighted by Gasteiger charge is -2.15. The van der Waals surface area contributed by atoms with Crippen LogP contribution in [0.4, 0.5) is 5.69 Å². The van der Waals surface area contributed by atoms with E-state index < -0.39 is 0 Å². The molecular formula is C28H28N2O5. The first-order valence-corrected chi connectivity index (χ1v) is 11.3. The number of benzene rings is 3. The number of carbonyl (C=O) groups is 1. The summed E-state index contributed by atoms with van der Waals surface area (Å²) >= 11 is 0. The summed E-state index contributed by atoms with van der Waals surface area (Å²) in [5, 5.41) is 3.72. The number of fused-ring (bicyclic) bond motifs is 1. The van der Waals surface area contributed by atoms with Crippen LogP contribution in [-0.2, 0) is 24.2 Å². The highest BCUT2D eigenvalue weighted by Gasteiger charge is 2.15. The van der Waals surface area contributed by atoms with Crippen LogP contribution in [0.25, 0.3) is 10.9 Å². The van der Waals surface area contributed by atoms with Gasteiger partial charge < -0.3 is 19.5 Å². The van der Waals surface area contributed by atoms with Gasteiger partial charge in [0.1, 0.15) is 12.3 Å². The van der Waals surface area contributed by atoms with E-state index in [1.165, 1.54) is 11.7 Å². The molecule has 1 aromatic heterocycles. The SMILES string of the molecule is COc1ccc2cc(CCc3ccccc3)c(=O)n(CC(=O)Nc3ccc(OC)c(OC)c3)c2c1. The van der Waals surface area contributed by atoms with Crippen molar-refractivity contribution < 1.29 is 19.0 Å². The van der Waals surface area contributed by atoms with Crippen molar-refractivity contribution in [3.8, 4) is 17.2 Å². The molecule has 4 rings (SSSR count). The van der Waals surface area contributed by atoms with Gasteiger partial charge in [-0.2, -0.15) is 0 Å². The number of rotatable bonds is 9. The number of nitrogens with zero attached hydrogens (tertiary/aromatic N) is 1. The van der Waals surface area contributed by atoms with Gasteiger partial charge in [0.05, 0.1) is 26.8 Å². The maximum absolute atomic E-state index is 13.5. The molecule has 7 nitrogen and oxygen atoms in total. The summed E-state index contributed by atoms with van der Waals surface area (Å²) in [7, 11) is 4.65. The summed E-state index contributed by atoms with van der Waals surface area (Å²) in [5.41, 5.74) is 2.80. The minimum absolute atomic E-state index is 0.143. The highest BCUT2D eigenvalue weighted by atomic mass is 16.5. The number of aryl methyl sites for hydroxylation is 2. The Morgan fingerprint density at radius 1 is 0.829 bits per heavy atom. The van der Waals surface area contributed by atoms with Crippen molar-refractivity contribution in [1.82, 2.24) is 4.57 Å². The Morgan fingerprint density at radius 2 is 1.60 bits per heavy atom. The average molecular weight is 473 g/mol. The van der Waals surface area contributed by atoms with Crippen molar-refractivity contribution in [3.05, 3.63) is 94.3 Å². The molecule has 0 saturated heterocycles. The van der Waals surface area contributed by atoms with Gasteiger partial charge in [-0.15, -0.1) is 0 Å². The molecule has 0 spiro atoms. The van der Waals surface area contributed by atoms with E-state index in [-0.39, 0.29) is 18.0 Å². The molecule has 0 radical (unpaired) electrons. The standard InChI is InChI=1S/C28H28N2O5/c1-33-23-13-11-20-15-21(10-9-19-7-5-4-6-8-19)28(32)30(24(20)17-23)18-27(31)29-22-12-14-25(34-2)26(16-22)35-3/h4-8,11-17H,9-10,18H2,1-3H3,(H,29,31). The second kappa shape index (κ2) is 10.8. The van der Waals surface area contributed by atoms with E-state index >= 15 is 0 Å². The minimum Gasteiger partial charge on any atom is -0.497 e. The van der Waals surface area contributed by atoms with Crippen LogP contribution < -0.4 is 25.1 Å². The molecule has 0 unspecified atom stereocenters. The minimum atomic E-state index is -0.330. The fourth-order valence-corrected chi connectivity index (χ4v) is 4.06. The molecule has 4 aromatic rings. The number of amides is 1. The Morgan fingerprint density at radius 3 is 2.31 bits per heavy atom. The van der Waals surface area contributed by atoms with E-state index in [0.29, 0.717) is 40.4 Å². The van der Waals surface area contributed by atoms with E-state index in [1.54, 1.807) is 38.5 Å². The highest BCUT2D eigenvalue weighted by molar-refractivity contribution is 5.92. The number of nitrogens with one attached hydrogen (secondary N) is 1. The molecule has 3 aromatic carbocycles. The van der Waals surface area contributed by atoms with E-state index in [1.807, 2.05) is 48.5 Å². The van der Waals surface area contributed by atoms with Crippen molar-refractivity contribution in [2.24, 2.45) is 0 Å². The Hall–Kier alpha value is -4.26. The third kappa shape index (κ3) is 5.46. The van der Waals surface area contributed by atoms with Crippen molar-refractivity contribution >= 4 is 22.5 Å². The van der Waals surface area contributed by atoms with Gasteiger partial charge in [-0.1, -0.05) is 30.3 Å². The molecule has 0 aliphatic heterocycles. The lowest BCUT2D eigenvalue weighted by molar-refractivity contribution is -0.116. The van der Waals surface area contributed by atoms with Crippen molar-refractivity contribution in [3.63, 3.8) is 0 Å². The van der Waals surface area contributed by atoms with Gasteiger partial charge in [-0.05, 0) is 54.1 Å². The number of methoxy groups -OCH3 is 3. The summed E-state index contributed by atoms with van der Waals surface area (Å²) in [4.78, 5) is 26.5. The monoisotopic (exact) mass is 472 g/mol. The van der Waals surface area contributed by atoms with Crippen LogP contribution in [-0.4, -0.2) is 31.8 Å². The van der Waals surface area contributed by atoms with Crippen molar-refractivity contribution in [2.45, 2.75) is 19.4 Å². The highest BCUT2D eigenvalue weighted by Crippen LogP contribution is 2.29. The van der Waals surface area contributed by atoms with Crippen LogP contribution in [0.1, 0.15) is 11.1 Å². The Labute approximate surface area is 203 Å². The average Bonchev–Trinajstić information content (AvgIpc) is 2.89. The van der Waals surface area contributed by atoms with Crippen molar-refractivity contribution in [2.75, 3.05) is 26.6 Å². The third-order valence-corrected chi connectivity index (χ3v) is 5.87. The summed E-state index contributed by atoms with van der Waals surface area (Å²) in [5.74, 6) is 1.35. The molecule has 180 valence electrons. The molecule has 1 N–H and O–H groups in total. The van der Waals surface area contributed by atoms with Gasteiger partial charge in [0.2, 0.25) is 5.91 Å². The molecule has 35 heavy (non-hydrogen) atoms. The van der Waals surface area contributed by atoms with Crippen LogP contribution in [0.3, 0.4) is 0 Å². The summed E-state index contributed by atoms with van der Waals surface area (Å²) in [6.45, 7) is -0.143. The van der Waals surface area contributed by atoms with Gasteiger partial charge >= 0.3 is 0 Å². The zero-order chi connectivity index (χ0) is 24.8. The zero-order valence-corrected chi connectivity index (χ0v) is 20.0. The van der Waals surface area contributed by atoms with Gasteiger partial charge in [0.15, 0.2) is 11.5 Å². The van der Waals surface area contributed by atoms with Gasteiger partial charge in [0.25, 0.3) is 5.56 Å². The normalized spacial score (nSPS) is 10.7. The topological polar surface area (TPSA) is 78.8 Å². The number of anilines is 1. The maximum atomic E-state index is 13.5. The summed E-state index contributed by atoms with van der Waals surface area (Å²) < 4.78 is 17.4. The van der Waals surface area contributed by atoms with Crippen molar-refractivity contribution in [1.29, 1.82) is 0 Å². The molecule has 0 aliphatic rings. The lowest BCUT2D eigenvalue weighted by Crippen LogP contribution is -2.30. The van der Waals surface area contributed by atoms with Crippen LogP contribution in [0.5, 0.6) is 17.2 Å². The summed E-state index contributed by atoms with van der Waals surface area (Å²) in [6.07, 6.45) is 1.30. The zero-order valence-electron chi connectivity index (χ0n) is 20.0. The predicted octanol–water partition coefficient (Wildman–Crippen LogP) is 4.45. The fourth-order valence-electron chi connectivity index (χ4n) is 4.06. The van der Waals surface area contributed by atoms with E-state index in [9.17, 15) is 9.59 Å². The third-order valence-electron chi connectivity index (χ3n) is 5.87. The quantitative estimate of drug-likeness (QED) is 0.389. The second-order valence-electron chi connectivity index (χ2n) is 8.09. The molecule has 0 saturated carbocycles. The number of ether oxygens (including phenoxy) is 3. The molecule has 0 atom stereocenters. The van der Waals surface area contributed by atoms with Crippen LogP contribution in [0, 0.1) is 0 Å². The van der Waals surface area contributed by atoms with E-state index in [0.717, 1.165) is 17.4 Å². The van der Waals surface area contributed by atoms with Crippen LogP contribution >= 0.6 is 0 Å². The van der Waals surface area contributed by atoms with E-state index in [4.69, 9.17) is 14.2 Å². The summed E-state index contributed by atoms with van der Waals surface area (Å²) in [6, 6.07) is 22.6. The Balaban J connectivity index is 1.65. The van der Waals surface area contributed by atoms with Gasteiger partial charge in [0, 0.05) is 23.4 Å². The van der Waals surface area contributed by atoms with Crippen LogP contribution in [0.15, 0.2) is 77.6 Å². The number of aromatic nitrogens is 1. The Bertz CT molecular complexity index is 1400. The van der Waals surface area contributed by atoms with Gasteiger partial charge in [-0.3, -0.25) is 14.2 Å².